The largest absolute Gasteiger partial charge is 0.494 e. The van der Waals surface area contributed by atoms with Gasteiger partial charge in [-0.3, -0.25) is 9.59 Å². The number of benzene rings is 2. The van der Waals surface area contributed by atoms with Gasteiger partial charge in [0.1, 0.15) is 5.75 Å². The Morgan fingerprint density at radius 1 is 0.964 bits per heavy atom. The van der Waals surface area contributed by atoms with Gasteiger partial charge in [0.25, 0.3) is 0 Å². The molecular formula is C23H28N2O3. The van der Waals surface area contributed by atoms with E-state index in [0.717, 1.165) is 42.8 Å². The van der Waals surface area contributed by atoms with Gasteiger partial charge in [0, 0.05) is 30.3 Å². The number of hydrogen-bond acceptors (Lipinski definition) is 3. The van der Waals surface area contributed by atoms with E-state index in [-0.39, 0.29) is 23.7 Å². The van der Waals surface area contributed by atoms with Crippen LogP contribution in [-0.4, -0.2) is 25.5 Å². The van der Waals surface area contributed by atoms with Crippen LogP contribution < -0.4 is 15.0 Å². The Hall–Kier alpha value is -2.82. The first-order valence-electron chi connectivity index (χ1n) is 9.94. The molecular weight excluding hydrogens is 352 g/mol. The standard InChI is InChI=1S/C23H28N2O3/c1-3-28-21-15-13-19(14-16-21)24-22(26)17-9-11-18(12-10-17)23(27)25(2)20-7-5-4-6-8-20/h4-8,13-18H,3,9-12H2,1-2H3,(H,24,26). The van der Waals surface area contributed by atoms with Crippen molar-refractivity contribution in [3.05, 3.63) is 54.6 Å². The van der Waals surface area contributed by atoms with E-state index in [9.17, 15) is 9.59 Å². The molecule has 1 fully saturated rings. The fourth-order valence-electron chi connectivity index (χ4n) is 3.70. The highest BCUT2D eigenvalue weighted by molar-refractivity contribution is 5.95. The fourth-order valence-corrected chi connectivity index (χ4v) is 3.70. The predicted molar refractivity (Wildman–Crippen MR) is 112 cm³/mol. The Labute approximate surface area is 166 Å². The van der Waals surface area contributed by atoms with Gasteiger partial charge >= 0.3 is 0 Å². The highest BCUT2D eigenvalue weighted by Gasteiger charge is 2.31. The summed E-state index contributed by atoms with van der Waals surface area (Å²) in [6.45, 7) is 2.56. The fraction of sp³-hybridized carbons (Fsp3) is 0.391. The maximum Gasteiger partial charge on any atom is 0.229 e. The number of para-hydroxylation sites is 1. The molecule has 1 N–H and O–H groups in total. The van der Waals surface area contributed by atoms with Crippen molar-refractivity contribution in [3.63, 3.8) is 0 Å². The third-order valence-electron chi connectivity index (χ3n) is 5.35. The summed E-state index contributed by atoms with van der Waals surface area (Å²) in [6, 6.07) is 17.1. The molecule has 0 heterocycles. The first-order valence-corrected chi connectivity index (χ1v) is 9.94. The molecule has 2 aromatic rings. The SMILES string of the molecule is CCOc1ccc(NC(=O)C2CCC(C(=O)N(C)c3ccccc3)CC2)cc1. The van der Waals surface area contributed by atoms with Gasteiger partial charge in [0.15, 0.2) is 0 Å². The van der Waals surface area contributed by atoms with E-state index in [4.69, 9.17) is 4.74 Å². The number of carbonyl (C=O) groups excluding carboxylic acids is 2. The number of carbonyl (C=O) groups is 2. The van der Waals surface area contributed by atoms with E-state index < -0.39 is 0 Å². The second-order valence-corrected chi connectivity index (χ2v) is 7.23. The third kappa shape index (κ3) is 4.91. The molecule has 0 bridgehead atoms. The molecule has 2 aromatic carbocycles. The molecule has 1 saturated carbocycles. The van der Waals surface area contributed by atoms with Gasteiger partial charge in [-0.05, 0) is 69.0 Å². The monoisotopic (exact) mass is 380 g/mol. The molecule has 0 saturated heterocycles. The zero-order chi connectivity index (χ0) is 19.9. The number of nitrogens with one attached hydrogen (secondary N) is 1. The van der Waals surface area contributed by atoms with Crippen molar-refractivity contribution < 1.29 is 14.3 Å². The average Bonchev–Trinajstić information content (AvgIpc) is 2.75. The van der Waals surface area contributed by atoms with E-state index in [2.05, 4.69) is 5.32 Å². The summed E-state index contributed by atoms with van der Waals surface area (Å²) in [5.41, 5.74) is 1.68. The van der Waals surface area contributed by atoms with Gasteiger partial charge in [0.2, 0.25) is 11.8 Å². The molecule has 0 radical (unpaired) electrons. The molecule has 0 spiro atoms. The lowest BCUT2D eigenvalue weighted by Gasteiger charge is -2.30. The molecule has 0 atom stereocenters. The zero-order valence-electron chi connectivity index (χ0n) is 16.6. The van der Waals surface area contributed by atoms with Crippen LogP contribution in [0.5, 0.6) is 5.75 Å². The topological polar surface area (TPSA) is 58.6 Å². The van der Waals surface area contributed by atoms with Crippen LogP contribution in [0.25, 0.3) is 0 Å². The van der Waals surface area contributed by atoms with Crippen LogP contribution in [0, 0.1) is 11.8 Å². The van der Waals surface area contributed by atoms with Gasteiger partial charge < -0.3 is 15.0 Å². The zero-order valence-corrected chi connectivity index (χ0v) is 16.6. The van der Waals surface area contributed by atoms with Crippen LogP contribution >= 0.6 is 0 Å². The molecule has 5 heteroatoms. The minimum absolute atomic E-state index is 0.0141. The van der Waals surface area contributed by atoms with Crippen molar-refractivity contribution in [3.8, 4) is 5.75 Å². The van der Waals surface area contributed by atoms with Crippen LogP contribution in [0.1, 0.15) is 32.6 Å². The van der Waals surface area contributed by atoms with E-state index >= 15 is 0 Å². The summed E-state index contributed by atoms with van der Waals surface area (Å²) < 4.78 is 5.42. The highest BCUT2D eigenvalue weighted by atomic mass is 16.5. The Balaban J connectivity index is 1.50. The van der Waals surface area contributed by atoms with E-state index in [1.165, 1.54) is 0 Å². The molecule has 0 aliphatic heterocycles. The first-order chi connectivity index (χ1) is 13.6. The van der Waals surface area contributed by atoms with Gasteiger partial charge in [-0.2, -0.15) is 0 Å². The molecule has 2 amide bonds. The number of ether oxygens (including phenoxy) is 1. The van der Waals surface area contributed by atoms with Crippen LogP contribution in [0.15, 0.2) is 54.6 Å². The van der Waals surface area contributed by atoms with Gasteiger partial charge in [-0.25, -0.2) is 0 Å². The summed E-state index contributed by atoms with van der Waals surface area (Å²) >= 11 is 0. The van der Waals surface area contributed by atoms with Gasteiger partial charge in [0.05, 0.1) is 6.61 Å². The quantitative estimate of drug-likeness (QED) is 0.803. The van der Waals surface area contributed by atoms with Crippen LogP contribution in [-0.2, 0) is 9.59 Å². The normalized spacial score (nSPS) is 18.9. The number of rotatable bonds is 6. The maximum absolute atomic E-state index is 12.8. The van der Waals surface area contributed by atoms with Gasteiger partial charge in [-0.1, -0.05) is 18.2 Å². The molecule has 1 aliphatic carbocycles. The molecule has 0 unspecified atom stereocenters. The average molecular weight is 380 g/mol. The second-order valence-electron chi connectivity index (χ2n) is 7.23. The third-order valence-corrected chi connectivity index (χ3v) is 5.35. The molecule has 1 aliphatic rings. The first kappa shape index (κ1) is 19.9. The van der Waals surface area contributed by atoms with Crippen molar-refractivity contribution in [2.45, 2.75) is 32.6 Å². The number of anilines is 2. The highest BCUT2D eigenvalue weighted by Crippen LogP contribution is 2.32. The summed E-state index contributed by atoms with van der Waals surface area (Å²) in [7, 11) is 1.82. The van der Waals surface area contributed by atoms with Crippen molar-refractivity contribution in [1.82, 2.24) is 0 Å². The van der Waals surface area contributed by atoms with Crippen molar-refractivity contribution in [1.29, 1.82) is 0 Å². The summed E-state index contributed by atoms with van der Waals surface area (Å²) in [4.78, 5) is 27.1. The number of nitrogens with zero attached hydrogens (tertiary/aromatic N) is 1. The lowest BCUT2D eigenvalue weighted by molar-refractivity contribution is -0.126. The number of hydrogen-bond donors (Lipinski definition) is 1. The molecule has 0 aromatic heterocycles. The maximum atomic E-state index is 12.8. The van der Waals surface area contributed by atoms with E-state index in [1.54, 1.807) is 4.90 Å². The molecule has 5 nitrogen and oxygen atoms in total. The Morgan fingerprint density at radius 3 is 2.18 bits per heavy atom. The Morgan fingerprint density at radius 2 is 1.57 bits per heavy atom. The minimum Gasteiger partial charge on any atom is -0.494 e. The van der Waals surface area contributed by atoms with E-state index in [1.807, 2.05) is 68.6 Å². The minimum atomic E-state index is -0.0438. The summed E-state index contributed by atoms with van der Waals surface area (Å²) in [6.07, 6.45) is 2.97. The van der Waals surface area contributed by atoms with Crippen LogP contribution in [0.3, 0.4) is 0 Å². The van der Waals surface area contributed by atoms with Crippen molar-refractivity contribution in [2.24, 2.45) is 11.8 Å². The molecule has 148 valence electrons. The Kier molecular flexibility index (Phi) is 6.69. The van der Waals surface area contributed by atoms with Gasteiger partial charge in [-0.15, -0.1) is 0 Å². The lowest BCUT2D eigenvalue weighted by Crippen LogP contribution is -2.36. The van der Waals surface area contributed by atoms with Crippen LogP contribution in [0.2, 0.25) is 0 Å². The number of amides is 2. The van der Waals surface area contributed by atoms with Crippen molar-refractivity contribution >= 4 is 23.2 Å². The predicted octanol–water partition coefficient (Wildman–Crippen LogP) is 4.49. The molecule has 28 heavy (non-hydrogen) atoms. The lowest BCUT2D eigenvalue weighted by atomic mass is 9.81. The Bertz CT molecular complexity index is 781. The van der Waals surface area contributed by atoms with E-state index in [0.29, 0.717) is 6.61 Å². The molecule has 3 rings (SSSR count). The second kappa shape index (κ2) is 9.40. The van der Waals surface area contributed by atoms with Crippen LogP contribution in [0.4, 0.5) is 11.4 Å². The smallest absolute Gasteiger partial charge is 0.229 e. The summed E-state index contributed by atoms with van der Waals surface area (Å²) in [5.74, 6) is 0.905. The summed E-state index contributed by atoms with van der Waals surface area (Å²) in [5, 5.41) is 2.98. The van der Waals surface area contributed by atoms with Crippen molar-refractivity contribution in [2.75, 3.05) is 23.9 Å².